The van der Waals surface area contributed by atoms with Gasteiger partial charge in [0.2, 0.25) is 5.89 Å². The topological polar surface area (TPSA) is 58.6 Å². The zero-order valence-corrected chi connectivity index (χ0v) is 18.4. The molecule has 3 aromatic carbocycles. The molecule has 0 atom stereocenters. The summed E-state index contributed by atoms with van der Waals surface area (Å²) in [5, 5.41) is 10.2. The largest absolute Gasteiger partial charge is 0.506 e. The number of aromatic nitrogens is 1. The van der Waals surface area contributed by atoms with E-state index < -0.39 is 0 Å². The van der Waals surface area contributed by atoms with E-state index in [1.807, 2.05) is 56.3 Å². The number of phenolic OH excluding ortho intramolecular Hbond substituents is 1. The van der Waals surface area contributed by atoms with E-state index in [1.54, 1.807) is 12.3 Å². The Kier molecular flexibility index (Phi) is 5.08. The first kappa shape index (κ1) is 18.9. The maximum Gasteiger partial charge on any atom is 0.227 e. The highest BCUT2D eigenvalue weighted by molar-refractivity contribution is 9.11. The van der Waals surface area contributed by atoms with E-state index in [0.29, 0.717) is 15.9 Å². The Morgan fingerprint density at radius 1 is 1.07 bits per heavy atom. The number of hydrogen-bond acceptors (Lipinski definition) is 4. The van der Waals surface area contributed by atoms with Crippen molar-refractivity contribution < 1.29 is 9.52 Å². The van der Waals surface area contributed by atoms with Crippen molar-refractivity contribution >= 4 is 54.9 Å². The highest BCUT2D eigenvalue weighted by atomic mass is 79.9. The smallest absolute Gasteiger partial charge is 0.227 e. The monoisotopic (exact) mass is 498 g/mol. The fraction of sp³-hybridized carbons (Fsp3) is 0.0909. The molecule has 0 spiro atoms. The van der Waals surface area contributed by atoms with Crippen molar-refractivity contribution in [2.45, 2.75) is 13.8 Å². The van der Waals surface area contributed by atoms with Crippen molar-refractivity contribution in [3.63, 3.8) is 0 Å². The summed E-state index contributed by atoms with van der Waals surface area (Å²) in [7, 11) is 0. The summed E-state index contributed by atoms with van der Waals surface area (Å²) in [6.45, 7) is 4.02. The molecule has 28 heavy (non-hydrogen) atoms. The fourth-order valence-electron chi connectivity index (χ4n) is 2.97. The van der Waals surface area contributed by atoms with Crippen LogP contribution in [0.2, 0.25) is 0 Å². The molecule has 0 amide bonds. The van der Waals surface area contributed by atoms with E-state index >= 15 is 0 Å². The first-order chi connectivity index (χ1) is 13.4. The van der Waals surface area contributed by atoms with Crippen molar-refractivity contribution in [3.8, 4) is 17.2 Å². The number of nitrogens with zero attached hydrogens (tertiary/aromatic N) is 2. The van der Waals surface area contributed by atoms with Gasteiger partial charge in [0.15, 0.2) is 5.58 Å². The van der Waals surface area contributed by atoms with Gasteiger partial charge in [0, 0.05) is 21.8 Å². The van der Waals surface area contributed by atoms with Gasteiger partial charge in [-0.25, -0.2) is 4.98 Å². The molecule has 4 rings (SSSR count). The summed E-state index contributed by atoms with van der Waals surface area (Å²) in [6, 6.07) is 15.4. The molecule has 0 aliphatic heterocycles. The Morgan fingerprint density at radius 2 is 1.89 bits per heavy atom. The second-order valence-electron chi connectivity index (χ2n) is 6.52. The minimum Gasteiger partial charge on any atom is -0.506 e. The van der Waals surface area contributed by atoms with E-state index in [-0.39, 0.29) is 5.75 Å². The summed E-state index contributed by atoms with van der Waals surface area (Å²) in [4.78, 5) is 9.21. The van der Waals surface area contributed by atoms with Gasteiger partial charge in [-0.05, 0) is 77.3 Å². The SMILES string of the molecule is Cc1ccc2oc(-c3cccc(N=Cc4cc(Br)cc(Br)c4O)c3C)nc2c1. The molecular weight excluding hydrogens is 484 g/mol. The molecule has 0 saturated heterocycles. The van der Waals surface area contributed by atoms with E-state index in [1.165, 1.54) is 0 Å². The maximum absolute atomic E-state index is 10.2. The van der Waals surface area contributed by atoms with E-state index in [4.69, 9.17) is 4.42 Å². The predicted molar refractivity (Wildman–Crippen MR) is 120 cm³/mol. The van der Waals surface area contributed by atoms with Gasteiger partial charge in [0.25, 0.3) is 0 Å². The van der Waals surface area contributed by atoms with Gasteiger partial charge < -0.3 is 9.52 Å². The summed E-state index contributed by atoms with van der Waals surface area (Å²) < 4.78 is 7.40. The molecule has 1 aromatic heterocycles. The van der Waals surface area contributed by atoms with Gasteiger partial charge in [-0.2, -0.15) is 0 Å². The number of rotatable bonds is 3. The number of hydrogen-bond donors (Lipinski definition) is 1. The van der Waals surface area contributed by atoms with Crippen LogP contribution in [-0.2, 0) is 0 Å². The predicted octanol–water partition coefficient (Wildman–Crippen LogP) is 7.09. The van der Waals surface area contributed by atoms with Crippen molar-refractivity contribution in [3.05, 3.63) is 74.2 Å². The van der Waals surface area contributed by atoms with Crippen LogP contribution in [0.3, 0.4) is 0 Å². The number of aliphatic imine (C=N–C) groups is 1. The quantitative estimate of drug-likeness (QED) is 0.306. The highest BCUT2D eigenvalue weighted by Crippen LogP contribution is 2.34. The normalized spacial score (nSPS) is 11.6. The van der Waals surface area contributed by atoms with Crippen LogP contribution in [0.5, 0.6) is 5.75 Å². The number of benzene rings is 3. The third-order valence-electron chi connectivity index (χ3n) is 4.48. The lowest BCUT2D eigenvalue weighted by atomic mass is 10.1. The van der Waals surface area contributed by atoms with Gasteiger partial charge in [0.05, 0.1) is 10.2 Å². The lowest BCUT2D eigenvalue weighted by Gasteiger charge is -2.06. The summed E-state index contributed by atoms with van der Waals surface area (Å²) in [5.41, 5.74) is 5.99. The lowest BCUT2D eigenvalue weighted by molar-refractivity contribution is 0.471. The Balaban J connectivity index is 1.74. The van der Waals surface area contributed by atoms with Crippen LogP contribution in [0.1, 0.15) is 16.7 Å². The van der Waals surface area contributed by atoms with E-state index in [0.717, 1.165) is 38.0 Å². The molecular formula is C22H16Br2N2O2. The summed E-state index contributed by atoms with van der Waals surface area (Å²) >= 11 is 6.77. The molecule has 1 N–H and O–H groups in total. The minimum absolute atomic E-state index is 0.148. The van der Waals surface area contributed by atoms with Gasteiger partial charge in [0.1, 0.15) is 11.3 Å². The Labute approximate surface area is 179 Å². The van der Waals surface area contributed by atoms with Gasteiger partial charge in [-0.15, -0.1) is 0 Å². The molecule has 0 radical (unpaired) electrons. The molecule has 0 unspecified atom stereocenters. The zero-order valence-electron chi connectivity index (χ0n) is 15.2. The lowest BCUT2D eigenvalue weighted by Crippen LogP contribution is -1.87. The van der Waals surface area contributed by atoms with Crippen molar-refractivity contribution in [2.24, 2.45) is 4.99 Å². The van der Waals surface area contributed by atoms with Gasteiger partial charge >= 0.3 is 0 Å². The van der Waals surface area contributed by atoms with Crippen LogP contribution in [0.4, 0.5) is 5.69 Å². The van der Waals surface area contributed by atoms with Crippen LogP contribution >= 0.6 is 31.9 Å². The van der Waals surface area contributed by atoms with Crippen LogP contribution in [0, 0.1) is 13.8 Å². The third kappa shape index (κ3) is 3.62. The highest BCUT2D eigenvalue weighted by Gasteiger charge is 2.13. The first-order valence-corrected chi connectivity index (χ1v) is 10.2. The van der Waals surface area contributed by atoms with Crippen molar-refractivity contribution in [1.29, 1.82) is 0 Å². The Hall–Kier alpha value is -2.44. The molecule has 140 valence electrons. The van der Waals surface area contributed by atoms with Crippen molar-refractivity contribution in [1.82, 2.24) is 4.98 Å². The molecule has 0 saturated carbocycles. The number of oxazole rings is 1. The van der Waals surface area contributed by atoms with Gasteiger partial charge in [-0.1, -0.05) is 28.1 Å². The summed E-state index contributed by atoms with van der Waals surface area (Å²) in [5.74, 6) is 0.721. The van der Waals surface area contributed by atoms with E-state index in [9.17, 15) is 5.11 Å². The van der Waals surface area contributed by atoms with Crippen LogP contribution in [0.15, 0.2) is 66.9 Å². The number of fused-ring (bicyclic) bond motifs is 1. The number of phenols is 1. The molecule has 6 heteroatoms. The molecule has 4 nitrogen and oxygen atoms in total. The molecule has 0 aliphatic carbocycles. The zero-order chi connectivity index (χ0) is 19.8. The standard InChI is InChI=1S/C22H16Br2N2O2/c1-12-6-7-20-19(8-12)26-22(28-20)16-4-3-5-18(13(16)2)25-11-14-9-15(23)10-17(24)21(14)27/h3-11,27H,1-2H3. The molecule has 0 fully saturated rings. The number of aryl methyl sites for hydroxylation is 1. The average molecular weight is 500 g/mol. The average Bonchev–Trinajstić information content (AvgIpc) is 3.07. The van der Waals surface area contributed by atoms with E-state index in [2.05, 4.69) is 41.8 Å². The molecule has 0 bridgehead atoms. The maximum atomic E-state index is 10.2. The molecule has 1 heterocycles. The Bertz CT molecular complexity index is 1230. The second kappa shape index (κ2) is 7.53. The summed E-state index contributed by atoms with van der Waals surface area (Å²) in [6.07, 6.45) is 1.65. The molecule has 4 aromatic rings. The Morgan fingerprint density at radius 3 is 2.71 bits per heavy atom. The van der Waals surface area contributed by atoms with Crippen LogP contribution in [0.25, 0.3) is 22.6 Å². The third-order valence-corrected chi connectivity index (χ3v) is 5.54. The van der Waals surface area contributed by atoms with Crippen LogP contribution < -0.4 is 0 Å². The number of halogens is 2. The second-order valence-corrected chi connectivity index (χ2v) is 8.29. The first-order valence-electron chi connectivity index (χ1n) is 8.61. The van der Waals surface area contributed by atoms with Crippen molar-refractivity contribution in [2.75, 3.05) is 0 Å². The minimum atomic E-state index is 0.148. The fourth-order valence-corrected chi connectivity index (χ4v) is 4.23. The van der Waals surface area contributed by atoms with Crippen LogP contribution in [-0.4, -0.2) is 16.3 Å². The molecule has 0 aliphatic rings. The number of aromatic hydroxyl groups is 1. The van der Waals surface area contributed by atoms with Gasteiger partial charge in [-0.3, -0.25) is 4.99 Å².